The number of halogens is 2. The zero-order valence-corrected chi connectivity index (χ0v) is 12.0. The van der Waals surface area contributed by atoms with Gasteiger partial charge in [-0.1, -0.05) is 6.92 Å². The maximum atomic E-state index is 13.1. The third kappa shape index (κ3) is 2.62. The molecular formula is C13H10BrFN2O3. The third-order valence-corrected chi connectivity index (χ3v) is 3.37. The molecule has 104 valence electrons. The quantitative estimate of drug-likeness (QED) is 0.931. The van der Waals surface area contributed by atoms with Crippen LogP contribution in [0.5, 0.6) is 0 Å². The number of hydrogen-bond donors (Lipinski definition) is 1. The van der Waals surface area contributed by atoms with E-state index in [4.69, 9.17) is 5.11 Å². The van der Waals surface area contributed by atoms with E-state index in [1.165, 1.54) is 29.1 Å². The monoisotopic (exact) mass is 340 g/mol. The van der Waals surface area contributed by atoms with E-state index in [9.17, 15) is 14.0 Å². The Kier molecular flexibility index (Phi) is 3.99. The van der Waals surface area contributed by atoms with Crippen molar-refractivity contribution in [1.82, 2.24) is 9.78 Å². The molecule has 0 saturated carbocycles. The molecule has 1 aromatic heterocycles. The number of nitrogens with zero attached hydrogens (tertiary/aromatic N) is 2. The highest BCUT2D eigenvalue weighted by atomic mass is 79.9. The van der Waals surface area contributed by atoms with Gasteiger partial charge in [-0.2, -0.15) is 5.10 Å². The second-order valence-electron chi connectivity index (χ2n) is 4.03. The Bertz CT molecular complexity index is 743. The van der Waals surface area contributed by atoms with E-state index in [1.54, 1.807) is 6.92 Å². The Morgan fingerprint density at radius 3 is 2.75 bits per heavy atom. The van der Waals surface area contributed by atoms with Crippen LogP contribution < -0.4 is 5.43 Å². The van der Waals surface area contributed by atoms with Crippen molar-refractivity contribution in [2.75, 3.05) is 0 Å². The average molecular weight is 341 g/mol. The van der Waals surface area contributed by atoms with Crippen LogP contribution in [0, 0.1) is 5.82 Å². The SMILES string of the molecule is CCc1cn(-c2ccc(F)cc2Br)nc(C(=O)O)c1=O. The van der Waals surface area contributed by atoms with Crippen LogP contribution in [0.25, 0.3) is 5.69 Å². The summed E-state index contributed by atoms with van der Waals surface area (Å²) in [5, 5.41) is 12.8. The Labute approximate surface area is 121 Å². The number of hydrogen-bond acceptors (Lipinski definition) is 3. The Morgan fingerprint density at radius 1 is 1.50 bits per heavy atom. The fourth-order valence-electron chi connectivity index (χ4n) is 1.72. The summed E-state index contributed by atoms with van der Waals surface area (Å²) < 4.78 is 14.7. The van der Waals surface area contributed by atoms with Crippen LogP contribution in [0.15, 0.2) is 33.7 Å². The van der Waals surface area contributed by atoms with E-state index < -0.39 is 22.9 Å². The van der Waals surface area contributed by atoms with Gasteiger partial charge < -0.3 is 5.11 Å². The first kappa shape index (κ1) is 14.4. The topological polar surface area (TPSA) is 72.2 Å². The summed E-state index contributed by atoms with van der Waals surface area (Å²) >= 11 is 3.18. The summed E-state index contributed by atoms with van der Waals surface area (Å²) in [6, 6.07) is 3.91. The fourth-order valence-corrected chi connectivity index (χ4v) is 2.26. The van der Waals surface area contributed by atoms with E-state index in [0.717, 1.165) is 0 Å². The van der Waals surface area contributed by atoms with Crippen LogP contribution in [0.4, 0.5) is 4.39 Å². The Morgan fingerprint density at radius 2 is 2.20 bits per heavy atom. The number of aryl methyl sites for hydroxylation is 1. The average Bonchev–Trinajstić information content (AvgIpc) is 2.39. The van der Waals surface area contributed by atoms with E-state index in [1.807, 2.05) is 0 Å². The van der Waals surface area contributed by atoms with Gasteiger partial charge in [0.25, 0.3) is 0 Å². The first-order chi connectivity index (χ1) is 9.43. The standard InChI is InChI=1S/C13H10BrFN2O3/c1-2-7-6-17(16-11(12(7)18)13(19)20)10-4-3-8(15)5-9(10)14/h3-6H,2H2,1H3,(H,19,20). The van der Waals surface area contributed by atoms with Gasteiger partial charge in [0, 0.05) is 16.2 Å². The van der Waals surface area contributed by atoms with Crippen molar-refractivity contribution < 1.29 is 14.3 Å². The molecule has 7 heteroatoms. The van der Waals surface area contributed by atoms with Gasteiger partial charge in [0.15, 0.2) is 0 Å². The van der Waals surface area contributed by atoms with Crippen LogP contribution in [0.1, 0.15) is 23.0 Å². The zero-order valence-electron chi connectivity index (χ0n) is 10.4. The van der Waals surface area contributed by atoms with E-state index in [-0.39, 0.29) is 0 Å². The predicted molar refractivity (Wildman–Crippen MR) is 73.8 cm³/mol. The number of benzene rings is 1. The lowest BCUT2D eigenvalue weighted by atomic mass is 10.2. The molecule has 1 N–H and O–H groups in total. The summed E-state index contributed by atoms with van der Waals surface area (Å²) in [6.07, 6.45) is 1.83. The van der Waals surface area contributed by atoms with Crippen LogP contribution in [0.2, 0.25) is 0 Å². The molecule has 2 aromatic rings. The molecule has 0 fully saturated rings. The minimum absolute atomic E-state index is 0.327. The van der Waals surface area contributed by atoms with Gasteiger partial charge in [0.05, 0.1) is 5.69 Å². The van der Waals surface area contributed by atoms with Gasteiger partial charge in [-0.05, 0) is 40.5 Å². The molecule has 0 radical (unpaired) electrons. The van der Waals surface area contributed by atoms with Crippen molar-refractivity contribution in [3.8, 4) is 5.69 Å². The van der Waals surface area contributed by atoms with Gasteiger partial charge in [-0.3, -0.25) is 4.79 Å². The molecule has 0 atom stereocenters. The van der Waals surface area contributed by atoms with Crippen molar-refractivity contribution in [1.29, 1.82) is 0 Å². The van der Waals surface area contributed by atoms with Crippen LogP contribution >= 0.6 is 15.9 Å². The summed E-state index contributed by atoms with van der Waals surface area (Å²) in [4.78, 5) is 22.9. The molecule has 0 aliphatic heterocycles. The highest BCUT2D eigenvalue weighted by molar-refractivity contribution is 9.10. The molecule has 0 aliphatic carbocycles. The molecule has 20 heavy (non-hydrogen) atoms. The van der Waals surface area contributed by atoms with E-state index in [0.29, 0.717) is 22.1 Å². The molecule has 0 aliphatic rings. The van der Waals surface area contributed by atoms with Crippen LogP contribution in [-0.2, 0) is 6.42 Å². The number of aromatic carboxylic acids is 1. The number of carboxylic acid groups (broad SMARTS) is 1. The minimum atomic E-state index is -1.39. The minimum Gasteiger partial charge on any atom is -0.476 e. The van der Waals surface area contributed by atoms with Gasteiger partial charge in [0.2, 0.25) is 11.1 Å². The second kappa shape index (κ2) is 5.54. The largest absolute Gasteiger partial charge is 0.476 e. The van der Waals surface area contributed by atoms with Crippen molar-refractivity contribution in [2.45, 2.75) is 13.3 Å². The molecule has 0 bridgehead atoms. The normalized spacial score (nSPS) is 10.6. The second-order valence-corrected chi connectivity index (χ2v) is 4.89. The van der Waals surface area contributed by atoms with Crippen LogP contribution in [-0.4, -0.2) is 20.9 Å². The smallest absolute Gasteiger partial charge is 0.360 e. The van der Waals surface area contributed by atoms with E-state index >= 15 is 0 Å². The van der Waals surface area contributed by atoms with Crippen molar-refractivity contribution >= 4 is 21.9 Å². The van der Waals surface area contributed by atoms with Crippen molar-refractivity contribution in [2.24, 2.45) is 0 Å². The summed E-state index contributed by atoms with van der Waals surface area (Å²) in [5.41, 5.74) is -0.382. The summed E-state index contributed by atoms with van der Waals surface area (Å²) in [7, 11) is 0. The molecule has 5 nitrogen and oxygen atoms in total. The molecule has 0 saturated heterocycles. The highest BCUT2D eigenvalue weighted by Gasteiger charge is 2.16. The molecule has 2 rings (SSSR count). The van der Waals surface area contributed by atoms with Gasteiger partial charge in [0.1, 0.15) is 5.82 Å². The number of rotatable bonds is 3. The number of aromatic nitrogens is 2. The first-order valence-corrected chi connectivity index (χ1v) is 6.55. The van der Waals surface area contributed by atoms with Gasteiger partial charge in [-0.15, -0.1) is 0 Å². The molecule has 0 amide bonds. The Balaban J connectivity index is 2.71. The molecule has 1 aromatic carbocycles. The summed E-state index contributed by atoms with van der Waals surface area (Å²) in [5.74, 6) is -1.83. The first-order valence-electron chi connectivity index (χ1n) is 5.75. The van der Waals surface area contributed by atoms with Crippen molar-refractivity contribution in [3.05, 3.63) is 56.2 Å². The molecule has 1 heterocycles. The van der Waals surface area contributed by atoms with Crippen molar-refractivity contribution in [3.63, 3.8) is 0 Å². The molecule has 0 unspecified atom stereocenters. The lowest BCUT2D eigenvalue weighted by Crippen LogP contribution is -2.24. The summed E-state index contributed by atoms with van der Waals surface area (Å²) in [6.45, 7) is 1.74. The highest BCUT2D eigenvalue weighted by Crippen LogP contribution is 2.21. The number of carboxylic acids is 1. The maximum absolute atomic E-state index is 13.1. The lowest BCUT2D eigenvalue weighted by molar-refractivity contribution is 0.0686. The van der Waals surface area contributed by atoms with Crippen LogP contribution in [0.3, 0.4) is 0 Å². The van der Waals surface area contributed by atoms with Gasteiger partial charge >= 0.3 is 5.97 Å². The lowest BCUT2D eigenvalue weighted by Gasteiger charge is -2.10. The Hall–Kier alpha value is -2.02. The van der Waals surface area contributed by atoms with Gasteiger partial charge in [-0.25, -0.2) is 13.9 Å². The molecule has 0 spiro atoms. The third-order valence-electron chi connectivity index (χ3n) is 2.73. The number of carbonyl (C=O) groups is 1. The predicted octanol–water partition coefficient (Wildman–Crippen LogP) is 2.39. The maximum Gasteiger partial charge on any atom is 0.360 e. The fraction of sp³-hybridized carbons (Fsp3) is 0.154. The zero-order chi connectivity index (χ0) is 14.9. The van der Waals surface area contributed by atoms with E-state index in [2.05, 4.69) is 21.0 Å². The molecular weight excluding hydrogens is 331 g/mol.